The fraction of sp³-hybridized carbons (Fsp3) is 0.167. The maximum absolute atomic E-state index is 12.1. The number of halogens is 2. The molecular formula is C12H8Br2O4. The topological polar surface area (TPSA) is 56.5 Å². The third kappa shape index (κ3) is 2.35. The summed E-state index contributed by atoms with van der Waals surface area (Å²) < 4.78 is 11.5. The summed E-state index contributed by atoms with van der Waals surface area (Å²) in [5.41, 5.74) is -0.109. The Balaban J connectivity index is 2.71. The summed E-state index contributed by atoms with van der Waals surface area (Å²) in [6.45, 7) is 1.88. The first kappa shape index (κ1) is 13.3. The molecule has 0 amide bonds. The van der Waals surface area contributed by atoms with Crippen LogP contribution in [0, 0.1) is 0 Å². The van der Waals surface area contributed by atoms with Gasteiger partial charge in [-0.05, 0) is 35.0 Å². The maximum atomic E-state index is 12.1. The Morgan fingerprint density at radius 2 is 2.11 bits per heavy atom. The molecule has 0 unspecified atom stereocenters. The molecular weight excluding hydrogens is 368 g/mol. The second kappa shape index (κ2) is 5.24. The molecule has 0 aliphatic carbocycles. The van der Waals surface area contributed by atoms with Crippen molar-refractivity contribution >= 4 is 48.8 Å². The largest absolute Gasteiger partial charge is 0.462 e. The van der Waals surface area contributed by atoms with Gasteiger partial charge in [-0.2, -0.15) is 0 Å². The highest BCUT2D eigenvalue weighted by Gasteiger charge is 2.16. The molecule has 0 aliphatic rings. The molecule has 18 heavy (non-hydrogen) atoms. The number of esters is 1. The van der Waals surface area contributed by atoms with E-state index in [4.69, 9.17) is 9.15 Å². The summed E-state index contributed by atoms with van der Waals surface area (Å²) in [5.74, 6) is -0.677. The molecule has 0 saturated carbocycles. The van der Waals surface area contributed by atoms with E-state index in [1.165, 1.54) is 0 Å². The van der Waals surface area contributed by atoms with Gasteiger partial charge in [0, 0.05) is 4.47 Å². The second-order valence-electron chi connectivity index (χ2n) is 3.46. The molecule has 2 rings (SSSR count). The van der Waals surface area contributed by atoms with Gasteiger partial charge in [0.2, 0.25) is 5.43 Å². The van der Waals surface area contributed by atoms with Crippen LogP contribution in [0.4, 0.5) is 0 Å². The van der Waals surface area contributed by atoms with Gasteiger partial charge in [-0.3, -0.25) is 4.79 Å². The van der Waals surface area contributed by atoms with Crippen molar-refractivity contribution in [2.24, 2.45) is 0 Å². The van der Waals surface area contributed by atoms with Crippen LogP contribution in [-0.2, 0) is 4.74 Å². The monoisotopic (exact) mass is 374 g/mol. The number of hydrogen-bond donors (Lipinski definition) is 0. The molecule has 0 bridgehead atoms. The molecule has 2 aromatic rings. The summed E-state index contributed by atoms with van der Waals surface area (Å²) in [5, 5.41) is 0.321. The minimum Gasteiger partial charge on any atom is -0.462 e. The first-order valence-electron chi connectivity index (χ1n) is 5.12. The van der Waals surface area contributed by atoms with E-state index in [1.807, 2.05) is 0 Å². The van der Waals surface area contributed by atoms with Crippen molar-refractivity contribution in [1.82, 2.24) is 0 Å². The van der Waals surface area contributed by atoms with Gasteiger partial charge in [-0.15, -0.1) is 0 Å². The predicted molar refractivity (Wildman–Crippen MR) is 73.8 cm³/mol. The molecule has 1 aromatic heterocycles. The number of hydrogen-bond acceptors (Lipinski definition) is 4. The molecule has 0 radical (unpaired) electrons. The third-order valence-corrected chi connectivity index (χ3v) is 3.33. The van der Waals surface area contributed by atoms with Crippen molar-refractivity contribution in [3.63, 3.8) is 0 Å². The van der Waals surface area contributed by atoms with Crippen LogP contribution in [0.5, 0.6) is 0 Å². The zero-order valence-electron chi connectivity index (χ0n) is 9.33. The van der Waals surface area contributed by atoms with Crippen molar-refractivity contribution in [3.8, 4) is 0 Å². The van der Waals surface area contributed by atoms with Crippen molar-refractivity contribution < 1.29 is 13.9 Å². The van der Waals surface area contributed by atoms with E-state index in [-0.39, 0.29) is 12.2 Å². The van der Waals surface area contributed by atoms with Gasteiger partial charge in [-0.25, -0.2) is 4.79 Å². The molecule has 0 saturated heterocycles. The van der Waals surface area contributed by atoms with Crippen LogP contribution < -0.4 is 5.43 Å². The minimum absolute atomic E-state index is 0.102. The standard InChI is InChI=1S/C12H8Br2O4/c1-2-17-12(16)8-5-18-11-7(10(8)15)3-6(13)4-9(11)14/h3-5H,2H2,1H3. The lowest BCUT2D eigenvalue weighted by atomic mass is 10.2. The zero-order chi connectivity index (χ0) is 13.3. The van der Waals surface area contributed by atoms with E-state index in [9.17, 15) is 9.59 Å². The molecule has 0 spiro atoms. The number of fused-ring (bicyclic) bond motifs is 1. The smallest absolute Gasteiger partial charge is 0.345 e. The van der Waals surface area contributed by atoms with Gasteiger partial charge < -0.3 is 9.15 Å². The first-order valence-corrected chi connectivity index (χ1v) is 6.71. The van der Waals surface area contributed by atoms with E-state index in [0.717, 1.165) is 10.7 Å². The second-order valence-corrected chi connectivity index (χ2v) is 5.23. The number of carbonyl (C=O) groups excluding carboxylic acids is 1. The maximum Gasteiger partial charge on any atom is 0.345 e. The van der Waals surface area contributed by atoms with E-state index in [2.05, 4.69) is 31.9 Å². The lowest BCUT2D eigenvalue weighted by molar-refractivity contribution is 0.0522. The lowest BCUT2D eigenvalue weighted by Crippen LogP contribution is -2.17. The van der Waals surface area contributed by atoms with Gasteiger partial charge in [0.05, 0.1) is 16.5 Å². The SMILES string of the molecule is CCOC(=O)c1coc2c(Br)cc(Br)cc2c1=O. The third-order valence-electron chi connectivity index (χ3n) is 2.29. The summed E-state index contributed by atoms with van der Waals surface area (Å²) in [6, 6.07) is 3.37. The van der Waals surface area contributed by atoms with E-state index in [0.29, 0.717) is 15.4 Å². The highest BCUT2D eigenvalue weighted by molar-refractivity contribution is 9.11. The minimum atomic E-state index is -0.677. The van der Waals surface area contributed by atoms with Crippen LogP contribution in [0.1, 0.15) is 17.3 Å². The molecule has 1 heterocycles. The molecule has 6 heteroatoms. The summed E-state index contributed by atoms with van der Waals surface area (Å²) >= 11 is 6.58. The van der Waals surface area contributed by atoms with Gasteiger partial charge in [-0.1, -0.05) is 15.9 Å². The van der Waals surface area contributed by atoms with Crippen LogP contribution in [0.25, 0.3) is 11.0 Å². The highest BCUT2D eigenvalue weighted by atomic mass is 79.9. The Morgan fingerprint density at radius 1 is 1.39 bits per heavy atom. The van der Waals surface area contributed by atoms with Crippen LogP contribution in [0.2, 0.25) is 0 Å². The highest BCUT2D eigenvalue weighted by Crippen LogP contribution is 2.27. The van der Waals surface area contributed by atoms with E-state index < -0.39 is 11.4 Å². The van der Waals surface area contributed by atoms with Crippen molar-refractivity contribution in [1.29, 1.82) is 0 Å². The molecule has 0 fully saturated rings. The predicted octanol–water partition coefficient (Wildman–Crippen LogP) is 3.49. The normalized spacial score (nSPS) is 10.6. The Labute approximate surface area is 119 Å². The van der Waals surface area contributed by atoms with Crippen molar-refractivity contribution in [3.05, 3.63) is 43.1 Å². The number of rotatable bonds is 2. The van der Waals surface area contributed by atoms with Gasteiger partial charge in [0.1, 0.15) is 11.8 Å². The Hall–Kier alpha value is -1.14. The number of benzene rings is 1. The summed E-state index contributed by atoms with van der Waals surface area (Å²) in [4.78, 5) is 23.7. The molecule has 94 valence electrons. The van der Waals surface area contributed by atoms with Gasteiger partial charge in [0.25, 0.3) is 0 Å². The summed E-state index contributed by atoms with van der Waals surface area (Å²) in [7, 11) is 0. The summed E-state index contributed by atoms with van der Waals surface area (Å²) in [6.07, 6.45) is 1.13. The quantitative estimate of drug-likeness (QED) is 0.754. The molecule has 0 atom stereocenters. The molecule has 4 nitrogen and oxygen atoms in total. The number of carbonyl (C=O) groups is 1. The Morgan fingerprint density at radius 3 is 2.78 bits per heavy atom. The average molecular weight is 376 g/mol. The van der Waals surface area contributed by atoms with Gasteiger partial charge >= 0.3 is 5.97 Å². The van der Waals surface area contributed by atoms with Gasteiger partial charge in [0.15, 0.2) is 5.58 Å². The Bertz CT molecular complexity index is 676. The Kier molecular flexibility index (Phi) is 3.87. The molecule has 0 N–H and O–H groups in total. The lowest BCUT2D eigenvalue weighted by Gasteiger charge is -2.04. The van der Waals surface area contributed by atoms with Crippen LogP contribution in [-0.4, -0.2) is 12.6 Å². The van der Waals surface area contributed by atoms with Crippen LogP contribution in [0.3, 0.4) is 0 Å². The average Bonchev–Trinajstić information content (AvgIpc) is 2.30. The fourth-order valence-corrected chi connectivity index (χ4v) is 2.83. The van der Waals surface area contributed by atoms with Crippen molar-refractivity contribution in [2.75, 3.05) is 6.61 Å². The van der Waals surface area contributed by atoms with Crippen LogP contribution in [0.15, 0.2) is 36.6 Å². The van der Waals surface area contributed by atoms with Crippen LogP contribution >= 0.6 is 31.9 Å². The fourth-order valence-electron chi connectivity index (χ4n) is 1.51. The van der Waals surface area contributed by atoms with E-state index >= 15 is 0 Å². The number of ether oxygens (including phenoxy) is 1. The first-order chi connectivity index (χ1) is 8.54. The van der Waals surface area contributed by atoms with E-state index in [1.54, 1.807) is 19.1 Å². The van der Waals surface area contributed by atoms with Crippen molar-refractivity contribution in [2.45, 2.75) is 6.92 Å². The molecule has 1 aromatic carbocycles. The molecule has 0 aliphatic heterocycles. The zero-order valence-corrected chi connectivity index (χ0v) is 12.5.